The third-order valence-corrected chi connectivity index (χ3v) is 3.49. The van der Waals surface area contributed by atoms with E-state index in [-0.39, 0.29) is 5.69 Å². The molecule has 1 amide bonds. The lowest BCUT2D eigenvalue weighted by Gasteiger charge is -2.20. The molecule has 1 heterocycles. The van der Waals surface area contributed by atoms with Gasteiger partial charge in [-0.3, -0.25) is 4.79 Å². The Labute approximate surface area is 132 Å². The van der Waals surface area contributed by atoms with Gasteiger partial charge in [0.05, 0.1) is 10.7 Å². The minimum absolute atomic E-state index is 0.161. The van der Waals surface area contributed by atoms with Gasteiger partial charge in [0.2, 0.25) is 0 Å². The maximum absolute atomic E-state index is 12.2. The van der Waals surface area contributed by atoms with Crippen LogP contribution in [0, 0.1) is 6.92 Å². The molecule has 7 heteroatoms. The van der Waals surface area contributed by atoms with Crippen LogP contribution in [0.2, 0.25) is 5.02 Å². The van der Waals surface area contributed by atoms with E-state index < -0.39 is 17.4 Å². The second-order valence-electron chi connectivity index (χ2n) is 5.44. The first-order valence-corrected chi connectivity index (χ1v) is 6.97. The number of amides is 1. The van der Waals surface area contributed by atoms with E-state index in [0.29, 0.717) is 16.3 Å². The van der Waals surface area contributed by atoms with Crippen molar-refractivity contribution < 1.29 is 14.7 Å². The van der Waals surface area contributed by atoms with E-state index in [1.165, 1.54) is 18.5 Å². The van der Waals surface area contributed by atoms with Crippen molar-refractivity contribution >= 4 is 23.5 Å². The summed E-state index contributed by atoms with van der Waals surface area (Å²) in [6.45, 7) is 4.55. The zero-order valence-corrected chi connectivity index (χ0v) is 13.2. The molecule has 1 aromatic heterocycles. The fraction of sp³-hybridized carbons (Fsp3) is 0.267. The van der Waals surface area contributed by atoms with E-state index in [1.807, 2.05) is 6.07 Å². The minimum Gasteiger partial charge on any atom is -0.480 e. The minimum atomic E-state index is -1.38. The zero-order chi connectivity index (χ0) is 16.5. The molecule has 0 unspecified atom stereocenters. The Kier molecular flexibility index (Phi) is 4.23. The predicted octanol–water partition coefficient (Wildman–Crippen LogP) is 2.43. The molecule has 0 fully saturated rings. The van der Waals surface area contributed by atoms with Gasteiger partial charge in [-0.1, -0.05) is 23.7 Å². The van der Waals surface area contributed by atoms with E-state index in [0.717, 1.165) is 0 Å². The highest BCUT2D eigenvalue weighted by Crippen LogP contribution is 2.20. The Hall–Kier alpha value is -2.34. The molecular formula is C15H16ClN3O3. The van der Waals surface area contributed by atoms with Gasteiger partial charge in [-0.05, 0) is 32.9 Å². The molecular weight excluding hydrogens is 306 g/mol. The van der Waals surface area contributed by atoms with Crippen molar-refractivity contribution in [2.45, 2.75) is 26.3 Å². The van der Waals surface area contributed by atoms with E-state index in [2.05, 4.69) is 10.4 Å². The van der Waals surface area contributed by atoms with Gasteiger partial charge in [0, 0.05) is 11.8 Å². The van der Waals surface area contributed by atoms with E-state index >= 15 is 0 Å². The summed E-state index contributed by atoms with van der Waals surface area (Å²) in [5.41, 5.74) is 0.0502. The summed E-state index contributed by atoms with van der Waals surface area (Å²) in [6, 6.07) is 7.11. The molecule has 0 saturated heterocycles. The Balaban J connectivity index is 2.33. The number of carbonyl (C=O) groups is 2. The first kappa shape index (κ1) is 16.0. The van der Waals surface area contributed by atoms with Crippen molar-refractivity contribution in [1.29, 1.82) is 0 Å². The molecule has 0 aliphatic heterocycles. The van der Waals surface area contributed by atoms with Crippen LogP contribution in [0.4, 0.5) is 0 Å². The number of hydrogen-bond acceptors (Lipinski definition) is 3. The van der Waals surface area contributed by atoms with Crippen LogP contribution in [-0.4, -0.2) is 32.3 Å². The number of rotatable bonds is 4. The smallest absolute Gasteiger partial charge is 0.328 e. The van der Waals surface area contributed by atoms with Crippen LogP contribution >= 0.6 is 11.6 Å². The molecule has 0 aliphatic rings. The monoisotopic (exact) mass is 321 g/mol. The molecule has 0 aliphatic carbocycles. The summed E-state index contributed by atoms with van der Waals surface area (Å²) in [5.74, 6) is -1.67. The Bertz CT molecular complexity index is 737. The highest BCUT2D eigenvalue weighted by atomic mass is 35.5. The molecule has 0 atom stereocenters. The molecule has 2 rings (SSSR count). The topological polar surface area (TPSA) is 84.2 Å². The number of carboxylic acid groups (broad SMARTS) is 1. The number of carbonyl (C=O) groups excluding carboxylic acids is 1. The van der Waals surface area contributed by atoms with Crippen molar-refractivity contribution in [1.82, 2.24) is 15.1 Å². The summed E-state index contributed by atoms with van der Waals surface area (Å²) < 4.78 is 1.50. The van der Waals surface area contributed by atoms with Gasteiger partial charge in [0.1, 0.15) is 5.54 Å². The van der Waals surface area contributed by atoms with Crippen LogP contribution < -0.4 is 5.32 Å². The quantitative estimate of drug-likeness (QED) is 0.905. The Morgan fingerprint density at radius 2 is 1.95 bits per heavy atom. The number of nitrogens with zero attached hydrogens (tertiary/aromatic N) is 2. The third kappa shape index (κ3) is 3.12. The second kappa shape index (κ2) is 5.81. The molecule has 2 aromatic rings. The molecule has 0 spiro atoms. The lowest BCUT2D eigenvalue weighted by atomic mass is 10.1. The number of halogens is 1. The van der Waals surface area contributed by atoms with Gasteiger partial charge >= 0.3 is 5.97 Å². The molecule has 0 saturated carbocycles. The van der Waals surface area contributed by atoms with Crippen LogP contribution in [0.3, 0.4) is 0 Å². The number of carboxylic acids is 1. The first-order valence-electron chi connectivity index (χ1n) is 6.59. The number of benzene rings is 1. The summed E-state index contributed by atoms with van der Waals surface area (Å²) in [4.78, 5) is 23.3. The number of aromatic nitrogens is 2. The van der Waals surface area contributed by atoms with Gasteiger partial charge in [0.15, 0.2) is 5.69 Å². The Morgan fingerprint density at radius 3 is 2.55 bits per heavy atom. The largest absolute Gasteiger partial charge is 0.480 e. The van der Waals surface area contributed by atoms with Crippen molar-refractivity contribution in [3.8, 4) is 5.69 Å². The molecule has 0 radical (unpaired) electrons. The molecule has 0 bridgehead atoms. The zero-order valence-electron chi connectivity index (χ0n) is 12.4. The average molecular weight is 322 g/mol. The van der Waals surface area contributed by atoms with Crippen LogP contribution in [-0.2, 0) is 4.79 Å². The third-order valence-electron chi connectivity index (χ3n) is 3.17. The number of aliphatic carboxylic acids is 1. The summed E-state index contributed by atoms with van der Waals surface area (Å²) in [7, 11) is 0. The van der Waals surface area contributed by atoms with Crippen molar-refractivity contribution in [2.75, 3.05) is 0 Å². The number of aryl methyl sites for hydroxylation is 1. The highest BCUT2D eigenvalue weighted by molar-refractivity contribution is 6.32. The lowest BCUT2D eigenvalue weighted by molar-refractivity contribution is -0.143. The maximum Gasteiger partial charge on any atom is 0.328 e. The molecule has 22 heavy (non-hydrogen) atoms. The SMILES string of the molecule is Cc1cn(-c2ccccc2Cl)nc1C(=O)NC(C)(C)C(=O)O. The molecule has 2 N–H and O–H groups in total. The van der Waals surface area contributed by atoms with Crippen LogP contribution in [0.1, 0.15) is 29.9 Å². The highest BCUT2D eigenvalue weighted by Gasteiger charge is 2.30. The summed E-state index contributed by atoms with van der Waals surface area (Å²) >= 11 is 6.11. The fourth-order valence-corrected chi connectivity index (χ4v) is 2.06. The van der Waals surface area contributed by atoms with Crippen molar-refractivity contribution in [2.24, 2.45) is 0 Å². The van der Waals surface area contributed by atoms with Gasteiger partial charge in [-0.15, -0.1) is 0 Å². The maximum atomic E-state index is 12.2. The van der Waals surface area contributed by atoms with Gasteiger partial charge in [-0.2, -0.15) is 5.10 Å². The number of para-hydroxylation sites is 1. The van der Waals surface area contributed by atoms with Crippen LogP contribution in [0.25, 0.3) is 5.69 Å². The van der Waals surface area contributed by atoms with Crippen LogP contribution in [0.5, 0.6) is 0 Å². The summed E-state index contributed by atoms with van der Waals surface area (Å²) in [5, 5.41) is 16.2. The predicted molar refractivity (Wildman–Crippen MR) is 82.5 cm³/mol. The lowest BCUT2D eigenvalue weighted by Crippen LogP contribution is -2.49. The molecule has 116 valence electrons. The second-order valence-corrected chi connectivity index (χ2v) is 5.85. The van der Waals surface area contributed by atoms with Gasteiger partial charge < -0.3 is 10.4 Å². The fourth-order valence-electron chi connectivity index (χ4n) is 1.84. The normalized spacial score (nSPS) is 11.3. The van der Waals surface area contributed by atoms with Gasteiger partial charge in [-0.25, -0.2) is 9.48 Å². The van der Waals surface area contributed by atoms with E-state index in [1.54, 1.807) is 31.3 Å². The number of nitrogens with one attached hydrogen (secondary N) is 1. The molecule has 6 nitrogen and oxygen atoms in total. The van der Waals surface area contributed by atoms with Crippen molar-refractivity contribution in [3.05, 3.63) is 46.7 Å². The van der Waals surface area contributed by atoms with E-state index in [9.17, 15) is 9.59 Å². The standard InChI is InChI=1S/C15H16ClN3O3/c1-9-8-19(11-7-5-4-6-10(11)16)18-12(9)13(20)17-15(2,3)14(21)22/h4-8H,1-3H3,(H,17,20)(H,21,22). The Morgan fingerprint density at radius 1 is 1.32 bits per heavy atom. The molecule has 1 aromatic carbocycles. The first-order chi connectivity index (χ1) is 10.2. The number of hydrogen-bond donors (Lipinski definition) is 2. The van der Waals surface area contributed by atoms with E-state index in [4.69, 9.17) is 16.7 Å². The van der Waals surface area contributed by atoms with Crippen molar-refractivity contribution in [3.63, 3.8) is 0 Å². The van der Waals surface area contributed by atoms with Crippen LogP contribution in [0.15, 0.2) is 30.5 Å². The van der Waals surface area contributed by atoms with Gasteiger partial charge in [0.25, 0.3) is 5.91 Å². The summed E-state index contributed by atoms with van der Waals surface area (Å²) in [6.07, 6.45) is 1.67. The average Bonchev–Trinajstić information content (AvgIpc) is 2.80.